The zero-order valence-electron chi connectivity index (χ0n) is 14.5. The molecule has 1 aliphatic heterocycles. The largest absolute Gasteiger partial charge is 0.399 e. The number of carbonyl (C=O) groups excluding carboxylic acids is 1. The van der Waals surface area contributed by atoms with Crippen molar-refractivity contribution >= 4 is 23.0 Å². The molecule has 1 atom stereocenters. The van der Waals surface area contributed by atoms with Crippen LogP contribution >= 0.6 is 11.3 Å². The first-order chi connectivity index (χ1) is 12.0. The highest BCUT2D eigenvalue weighted by molar-refractivity contribution is 7.17. The normalized spacial score (nSPS) is 18.8. The highest BCUT2D eigenvalue weighted by atomic mass is 32.1. The molecule has 1 aromatic carbocycles. The van der Waals surface area contributed by atoms with Crippen molar-refractivity contribution in [3.8, 4) is 10.4 Å². The van der Waals surface area contributed by atoms with E-state index >= 15 is 0 Å². The molecule has 2 heterocycles. The second kappa shape index (κ2) is 7.33. The molecule has 6 nitrogen and oxygen atoms in total. The first-order valence-corrected chi connectivity index (χ1v) is 8.90. The number of aromatic nitrogens is 1. The number of benzene rings is 1. The van der Waals surface area contributed by atoms with Crippen LogP contribution in [0.3, 0.4) is 0 Å². The third kappa shape index (κ3) is 3.43. The number of thiazole rings is 1. The smallest absolute Gasteiger partial charge is 0.283 e. The molecule has 25 heavy (non-hydrogen) atoms. The topological polar surface area (TPSA) is 75.0 Å². The van der Waals surface area contributed by atoms with Gasteiger partial charge >= 0.3 is 0 Å². The maximum absolute atomic E-state index is 12.8. The first-order valence-electron chi connectivity index (χ1n) is 8.08. The maximum Gasteiger partial charge on any atom is 0.283 e. The minimum absolute atomic E-state index is 0.107. The Morgan fingerprint density at radius 3 is 3.00 bits per heavy atom. The van der Waals surface area contributed by atoms with Crippen molar-refractivity contribution in [3.63, 3.8) is 0 Å². The second-order valence-corrected chi connectivity index (χ2v) is 7.12. The fourth-order valence-electron chi connectivity index (χ4n) is 3.01. The second-order valence-electron chi connectivity index (χ2n) is 6.09. The van der Waals surface area contributed by atoms with Crippen LogP contribution in [-0.2, 0) is 4.84 Å². The van der Waals surface area contributed by atoms with Crippen LogP contribution in [-0.4, -0.2) is 52.9 Å². The van der Waals surface area contributed by atoms with Crippen LogP contribution in [0.1, 0.15) is 27.3 Å². The maximum atomic E-state index is 12.8. The number of hydrogen-bond acceptors (Lipinski definition) is 6. The fourth-order valence-corrected chi connectivity index (χ4v) is 3.96. The van der Waals surface area contributed by atoms with E-state index in [2.05, 4.69) is 30.1 Å². The van der Waals surface area contributed by atoms with Gasteiger partial charge in [-0.1, -0.05) is 23.4 Å². The Hall–Kier alpha value is -2.25. The molecular formula is C18H21N3O3S. The van der Waals surface area contributed by atoms with Gasteiger partial charge in [0, 0.05) is 12.6 Å². The molecule has 1 aliphatic rings. The summed E-state index contributed by atoms with van der Waals surface area (Å²) in [7, 11) is 1.47. The Balaban J connectivity index is 1.86. The predicted molar refractivity (Wildman–Crippen MR) is 98.0 cm³/mol. The van der Waals surface area contributed by atoms with E-state index < -0.39 is 0 Å². The van der Waals surface area contributed by atoms with Gasteiger partial charge in [0.25, 0.3) is 5.91 Å². The van der Waals surface area contributed by atoms with Gasteiger partial charge in [-0.25, -0.2) is 4.98 Å². The van der Waals surface area contributed by atoms with Gasteiger partial charge in [-0.3, -0.25) is 4.79 Å². The molecule has 1 N–H and O–H groups in total. The number of rotatable bonds is 4. The Morgan fingerprint density at radius 1 is 1.48 bits per heavy atom. The third-order valence-electron chi connectivity index (χ3n) is 4.52. The Bertz CT molecular complexity index is 816. The van der Waals surface area contributed by atoms with Gasteiger partial charge in [0.05, 0.1) is 29.8 Å². The standard InChI is InChI=1S/C18H21N3O3S/c1-11-5-4-6-15(12(11)2)16-8-19-17(25-16)18(23)21-9-13(20-24-3)7-14(21)10-22/h4-6,8,14,22H,7,9-10H2,1-3H3. The van der Waals surface area contributed by atoms with Crippen LogP contribution in [0.25, 0.3) is 10.4 Å². The molecule has 1 unspecified atom stereocenters. The summed E-state index contributed by atoms with van der Waals surface area (Å²) >= 11 is 1.38. The van der Waals surface area contributed by atoms with Crippen LogP contribution in [0.2, 0.25) is 0 Å². The first kappa shape index (κ1) is 17.6. The number of hydrogen-bond donors (Lipinski definition) is 1. The number of likely N-dealkylation sites (tertiary alicyclic amines) is 1. The van der Waals surface area contributed by atoms with E-state index in [1.165, 1.54) is 29.6 Å². The van der Waals surface area contributed by atoms with Crippen LogP contribution in [0, 0.1) is 13.8 Å². The molecule has 1 saturated heterocycles. The van der Waals surface area contributed by atoms with Gasteiger partial charge in [0.2, 0.25) is 0 Å². The SMILES string of the molecule is CON=C1CC(CO)N(C(=O)c2ncc(-c3cccc(C)c3C)s2)C1. The summed E-state index contributed by atoms with van der Waals surface area (Å²) in [5.41, 5.74) is 4.24. The van der Waals surface area contributed by atoms with Gasteiger partial charge in [-0.2, -0.15) is 0 Å². The van der Waals surface area contributed by atoms with E-state index in [-0.39, 0.29) is 18.6 Å². The van der Waals surface area contributed by atoms with Crippen LogP contribution in [0.4, 0.5) is 0 Å². The molecule has 132 valence electrons. The van der Waals surface area contributed by atoms with Crippen LogP contribution in [0.5, 0.6) is 0 Å². The number of aryl methyl sites for hydroxylation is 1. The average molecular weight is 359 g/mol. The Labute approximate surface area is 150 Å². The Morgan fingerprint density at radius 2 is 2.28 bits per heavy atom. The van der Waals surface area contributed by atoms with Crippen molar-refractivity contribution in [2.24, 2.45) is 5.16 Å². The van der Waals surface area contributed by atoms with Crippen LogP contribution < -0.4 is 0 Å². The number of aliphatic hydroxyl groups excluding tert-OH is 1. The lowest BCUT2D eigenvalue weighted by Gasteiger charge is -2.20. The van der Waals surface area contributed by atoms with Gasteiger partial charge in [0.1, 0.15) is 7.11 Å². The fraction of sp³-hybridized carbons (Fsp3) is 0.389. The highest BCUT2D eigenvalue weighted by Crippen LogP contribution is 2.31. The van der Waals surface area contributed by atoms with Crippen molar-refractivity contribution in [1.82, 2.24) is 9.88 Å². The summed E-state index contributed by atoms with van der Waals surface area (Å²) in [5, 5.41) is 13.9. The number of oxime groups is 1. The van der Waals surface area contributed by atoms with Crippen molar-refractivity contribution in [3.05, 3.63) is 40.5 Å². The predicted octanol–water partition coefficient (Wildman–Crippen LogP) is 2.64. The van der Waals surface area contributed by atoms with Crippen LogP contribution in [0.15, 0.2) is 29.6 Å². The van der Waals surface area contributed by atoms with Crippen molar-refractivity contribution in [2.45, 2.75) is 26.3 Å². The van der Waals surface area contributed by atoms with E-state index in [0.29, 0.717) is 18.0 Å². The molecule has 0 spiro atoms. The van der Waals surface area contributed by atoms with Crippen molar-refractivity contribution < 1.29 is 14.7 Å². The summed E-state index contributed by atoms with van der Waals surface area (Å²) in [5.74, 6) is -0.179. The van der Waals surface area contributed by atoms with Crippen molar-refractivity contribution in [1.29, 1.82) is 0 Å². The summed E-state index contributed by atoms with van der Waals surface area (Å²) in [6.45, 7) is 4.39. The van der Waals surface area contributed by atoms with E-state index in [1.54, 1.807) is 11.1 Å². The highest BCUT2D eigenvalue weighted by Gasteiger charge is 2.34. The molecule has 0 bridgehead atoms. The molecule has 2 aromatic rings. The molecule has 0 radical (unpaired) electrons. The summed E-state index contributed by atoms with van der Waals surface area (Å²) < 4.78 is 0. The van der Waals surface area contributed by atoms with Gasteiger partial charge in [-0.05, 0) is 30.5 Å². The molecule has 1 aromatic heterocycles. The monoisotopic (exact) mass is 359 g/mol. The number of aliphatic hydroxyl groups is 1. The molecular weight excluding hydrogens is 338 g/mol. The van der Waals surface area contributed by atoms with Crippen molar-refractivity contribution in [2.75, 3.05) is 20.3 Å². The lowest BCUT2D eigenvalue weighted by molar-refractivity contribution is 0.0680. The molecule has 1 fully saturated rings. The molecule has 0 aliphatic carbocycles. The Kier molecular flexibility index (Phi) is 5.15. The zero-order valence-corrected chi connectivity index (χ0v) is 15.3. The summed E-state index contributed by atoms with van der Waals surface area (Å²) in [6.07, 6.45) is 2.26. The molecule has 0 saturated carbocycles. The lowest BCUT2D eigenvalue weighted by atomic mass is 10.0. The minimum Gasteiger partial charge on any atom is -0.399 e. The zero-order chi connectivity index (χ0) is 18.0. The van der Waals surface area contributed by atoms with Gasteiger partial charge in [0.15, 0.2) is 5.01 Å². The van der Waals surface area contributed by atoms with Gasteiger partial charge in [-0.15, -0.1) is 11.3 Å². The van der Waals surface area contributed by atoms with E-state index in [4.69, 9.17) is 4.84 Å². The minimum atomic E-state index is -0.283. The quantitative estimate of drug-likeness (QED) is 0.852. The van der Waals surface area contributed by atoms with E-state index in [0.717, 1.165) is 16.2 Å². The van der Waals surface area contributed by atoms with E-state index in [1.807, 2.05) is 12.1 Å². The van der Waals surface area contributed by atoms with E-state index in [9.17, 15) is 9.90 Å². The number of nitrogens with zero attached hydrogens (tertiary/aromatic N) is 3. The number of amides is 1. The lowest BCUT2D eigenvalue weighted by Crippen LogP contribution is -2.37. The van der Waals surface area contributed by atoms with Gasteiger partial charge < -0.3 is 14.8 Å². The number of carbonyl (C=O) groups is 1. The summed E-state index contributed by atoms with van der Waals surface area (Å²) in [6, 6.07) is 5.84. The third-order valence-corrected chi connectivity index (χ3v) is 5.53. The summed E-state index contributed by atoms with van der Waals surface area (Å²) in [4.78, 5) is 24.5. The average Bonchev–Trinajstić information content (AvgIpc) is 3.24. The molecule has 7 heteroatoms. The molecule has 3 rings (SSSR count). The molecule has 1 amide bonds.